The Bertz CT molecular complexity index is 398. The lowest BCUT2D eigenvalue weighted by molar-refractivity contribution is -0.143. The number of esters is 1. The number of carbonyl (C=O) groups excluding carboxylic acids is 1. The number of carbonyl (C=O) groups is 1. The van der Waals surface area contributed by atoms with Gasteiger partial charge in [-0.15, -0.1) is 0 Å². The van der Waals surface area contributed by atoms with E-state index in [0.717, 1.165) is 0 Å². The second kappa shape index (κ2) is 4.96. The molecule has 1 rings (SSSR count). The van der Waals surface area contributed by atoms with Gasteiger partial charge in [0.15, 0.2) is 5.92 Å². The number of nitriles is 1. The molecule has 0 fully saturated rings. The highest BCUT2D eigenvalue weighted by atomic mass is 16.5. The van der Waals surface area contributed by atoms with Crippen molar-refractivity contribution in [3.05, 3.63) is 24.0 Å². The Hall–Kier alpha value is -2.09. The van der Waals surface area contributed by atoms with Crippen LogP contribution in [0.5, 0.6) is 5.75 Å². The topological polar surface area (TPSA) is 83.2 Å². The fourth-order valence-corrected chi connectivity index (χ4v) is 1.08. The average Bonchev–Trinajstić information content (AvgIpc) is 2.22. The number of hydrogen-bond donors (Lipinski definition) is 1. The molecule has 0 aliphatic heterocycles. The van der Waals surface area contributed by atoms with Crippen molar-refractivity contribution in [3.63, 3.8) is 0 Å². The molecule has 5 nitrogen and oxygen atoms in total. The van der Waals surface area contributed by atoms with Crippen molar-refractivity contribution < 1.29 is 14.6 Å². The highest BCUT2D eigenvalue weighted by Crippen LogP contribution is 2.23. The summed E-state index contributed by atoms with van der Waals surface area (Å²) in [7, 11) is 0. The van der Waals surface area contributed by atoms with Gasteiger partial charge in [0.25, 0.3) is 0 Å². The van der Waals surface area contributed by atoms with Gasteiger partial charge in [0, 0.05) is 6.20 Å². The van der Waals surface area contributed by atoms with Crippen LogP contribution in [0.3, 0.4) is 0 Å². The fourth-order valence-electron chi connectivity index (χ4n) is 1.08. The van der Waals surface area contributed by atoms with E-state index in [1.807, 2.05) is 0 Å². The molecule has 0 aliphatic rings. The summed E-state index contributed by atoms with van der Waals surface area (Å²) in [6.45, 7) is 1.83. The number of pyridine rings is 1. The van der Waals surface area contributed by atoms with Gasteiger partial charge in [0.1, 0.15) is 11.4 Å². The van der Waals surface area contributed by atoms with Crippen LogP contribution in [0, 0.1) is 11.3 Å². The largest absolute Gasteiger partial charge is 0.506 e. The minimum atomic E-state index is -1.17. The number of hydrogen-bond acceptors (Lipinski definition) is 5. The van der Waals surface area contributed by atoms with Crippen LogP contribution in [0.2, 0.25) is 0 Å². The second-order valence-electron chi connectivity index (χ2n) is 2.72. The molecular formula is C10H10N2O3. The van der Waals surface area contributed by atoms with Crippen molar-refractivity contribution >= 4 is 5.97 Å². The number of rotatable bonds is 3. The number of aromatic nitrogens is 1. The van der Waals surface area contributed by atoms with Crippen LogP contribution in [0.25, 0.3) is 0 Å². The minimum absolute atomic E-state index is 0.0263. The third-order valence-corrected chi connectivity index (χ3v) is 1.74. The normalized spacial score (nSPS) is 11.5. The lowest BCUT2D eigenvalue weighted by atomic mass is 10.1. The monoisotopic (exact) mass is 206 g/mol. The number of ether oxygens (including phenoxy) is 1. The Kier molecular flexibility index (Phi) is 3.63. The third kappa shape index (κ3) is 2.44. The molecule has 78 valence electrons. The summed E-state index contributed by atoms with van der Waals surface area (Å²) in [6.07, 6.45) is 1.40. The molecular weight excluding hydrogens is 196 g/mol. The molecule has 1 N–H and O–H groups in total. The molecule has 15 heavy (non-hydrogen) atoms. The Morgan fingerprint density at radius 3 is 3.07 bits per heavy atom. The maximum absolute atomic E-state index is 11.3. The van der Waals surface area contributed by atoms with E-state index in [0.29, 0.717) is 0 Å². The first-order valence-corrected chi connectivity index (χ1v) is 4.40. The van der Waals surface area contributed by atoms with E-state index in [4.69, 9.17) is 10.00 Å². The summed E-state index contributed by atoms with van der Waals surface area (Å²) >= 11 is 0. The second-order valence-corrected chi connectivity index (χ2v) is 2.72. The van der Waals surface area contributed by atoms with E-state index in [1.54, 1.807) is 13.0 Å². The Balaban J connectivity index is 2.99. The molecule has 1 heterocycles. The maximum atomic E-state index is 11.3. The summed E-state index contributed by atoms with van der Waals surface area (Å²) < 4.78 is 4.69. The van der Waals surface area contributed by atoms with Gasteiger partial charge in [0.2, 0.25) is 0 Å². The van der Waals surface area contributed by atoms with Gasteiger partial charge in [0.05, 0.1) is 12.7 Å². The van der Waals surface area contributed by atoms with E-state index in [1.165, 1.54) is 18.3 Å². The Morgan fingerprint density at radius 1 is 1.80 bits per heavy atom. The zero-order valence-electron chi connectivity index (χ0n) is 8.17. The summed E-state index contributed by atoms with van der Waals surface area (Å²) in [5.41, 5.74) is 0.0263. The highest BCUT2D eigenvalue weighted by Gasteiger charge is 2.25. The van der Waals surface area contributed by atoms with E-state index >= 15 is 0 Å². The molecule has 5 heteroatoms. The van der Waals surface area contributed by atoms with E-state index < -0.39 is 11.9 Å². The predicted molar refractivity (Wildman–Crippen MR) is 50.9 cm³/mol. The van der Waals surface area contributed by atoms with Crippen molar-refractivity contribution in [3.8, 4) is 11.8 Å². The van der Waals surface area contributed by atoms with Crippen LogP contribution in [-0.4, -0.2) is 22.7 Å². The molecule has 0 saturated heterocycles. The van der Waals surface area contributed by atoms with Crippen LogP contribution in [-0.2, 0) is 9.53 Å². The molecule has 0 amide bonds. The SMILES string of the molecule is CCOC(=O)[C@@H](C#N)c1ncccc1O. The van der Waals surface area contributed by atoms with Gasteiger partial charge in [-0.05, 0) is 19.1 Å². The van der Waals surface area contributed by atoms with Crippen molar-refractivity contribution in [1.29, 1.82) is 5.26 Å². The van der Waals surface area contributed by atoms with Crippen molar-refractivity contribution in [2.45, 2.75) is 12.8 Å². The van der Waals surface area contributed by atoms with Gasteiger partial charge in [-0.1, -0.05) is 0 Å². The van der Waals surface area contributed by atoms with Gasteiger partial charge < -0.3 is 9.84 Å². The molecule has 0 aromatic carbocycles. The van der Waals surface area contributed by atoms with Crippen LogP contribution in [0.4, 0.5) is 0 Å². The average molecular weight is 206 g/mol. The predicted octanol–water partition coefficient (Wildman–Crippen LogP) is 0.957. The van der Waals surface area contributed by atoms with Gasteiger partial charge in [-0.25, -0.2) is 0 Å². The first-order chi connectivity index (χ1) is 7.20. The Morgan fingerprint density at radius 2 is 2.53 bits per heavy atom. The molecule has 0 aliphatic carbocycles. The summed E-state index contributed by atoms with van der Waals surface area (Å²) in [5.74, 6) is -2.06. The molecule has 1 atom stereocenters. The van der Waals surface area contributed by atoms with Gasteiger partial charge >= 0.3 is 5.97 Å². The van der Waals surface area contributed by atoms with E-state index in [-0.39, 0.29) is 18.1 Å². The number of nitrogens with zero attached hydrogens (tertiary/aromatic N) is 2. The van der Waals surface area contributed by atoms with Crippen LogP contribution < -0.4 is 0 Å². The molecule has 0 radical (unpaired) electrons. The zero-order chi connectivity index (χ0) is 11.3. The van der Waals surface area contributed by atoms with E-state index in [9.17, 15) is 9.90 Å². The summed E-state index contributed by atoms with van der Waals surface area (Å²) in [6, 6.07) is 4.63. The highest BCUT2D eigenvalue weighted by molar-refractivity contribution is 5.81. The van der Waals surface area contributed by atoms with Crippen LogP contribution in [0.15, 0.2) is 18.3 Å². The van der Waals surface area contributed by atoms with Crippen molar-refractivity contribution in [2.75, 3.05) is 6.61 Å². The molecule has 1 aromatic rings. The van der Waals surface area contributed by atoms with Crippen LogP contribution >= 0.6 is 0 Å². The first-order valence-electron chi connectivity index (χ1n) is 4.40. The first kappa shape index (κ1) is 11.0. The number of aromatic hydroxyl groups is 1. The molecule has 0 bridgehead atoms. The fraction of sp³-hybridized carbons (Fsp3) is 0.300. The molecule has 1 aromatic heterocycles. The maximum Gasteiger partial charge on any atom is 0.329 e. The lowest BCUT2D eigenvalue weighted by Crippen LogP contribution is -2.15. The smallest absolute Gasteiger partial charge is 0.329 e. The van der Waals surface area contributed by atoms with Crippen LogP contribution in [0.1, 0.15) is 18.5 Å². The Labute approximate surface area is 86.9 Å². The standard InChI is InChI=1S/C10H10N2O3/c1-2-15-10(14)7(6-11)9-8(13)4-3-5-12-9/h3-5,7,13H,2H2,1H3/t7-/m0/s1. The quantitative estimate of drug-likeness (QED) is 0.744. The van der Waals surface area contributed by atoms with E-state index in [2.05, 4.69) is 4.98 Å². The van der Waals surface area contributed by atoms with Crippen molar-refractivity contribution in [1.82, 2.24) is 4.98 Å². The summed E-state index contributed by atoms with van der Waals surface area (Å²) in [4.78, 5) is 15.1. The molecule has 0 spiro atoms. The minimum Gasteiger partial charge on any atom is -0.506 e. The van der Waals surface area contributed by atoms with Gasteiger partial charge in [-0.2, -0.15) is 5.26 Å². The van der Waals surface area contributed by atoms with Gasteiger partial charge in [-0.3, -0.25) is 9.78 Å². The third-order valence-electron chi connectivity index (χ3n) is 1.74. The summed E-state index contributed by atoms with van der Waals surface area (Å²) in [5, 5.41) is 18.2. The zero-order valence-corrected chi connectivity index (χ0v) is 8.17. The lowest BCUT2D eigenvalue weighted by Gasteiger charge is -2.08. The van der Waals surface area contributed by atoms with Crippen molar-refractivity contribution in [2.24, 2.45) is 0 Å². The molecule has 0 saturated carbocycles. The molecule has 0 unspecified atom stereocenters.